The van der Waals surface area contributed by atoms with Gasteiger partial charge in [0.2, 0.25) is 5.91 Å². The lowest BCUT2D eigenvalue weighted by atomic mass is 10.1. The maximum Gasteiger partial charge on any atom is 0.253 e. The minimum Gasteiger partial charge on any atom is -0.368 e. The van der Waals surface area contributed by atoms with E-state index in [1.165, 1.54) is 0 Å². The Bertz CT molecular complexity index is 941. The fraction of sp³-hybridized carbons (Fsp3) is 0.375. The van der Waals surface area contributed by atoms with E-state index in [2.05, 4.69) is 10.6 Å². The molecule has 0 saturated carbocycles. The standard InChI is InChI=1S/C24H27N3O4/c28-22-12-5-13-27(22)16-20(17-7-2-1-3-8-17)26-23(29)18-9-4-10-19(15-18)25-24(30)21-11-6-14-31-21/h1-4,7-10,15,20-21H,5-6,11-14,16H2,(H,25,30)(H,26,29)/t20-,21+/m0/s1. The molecule has 7 heteroatoms. The molecule has 0 bridgehead atoms. The molecule has 162 valence electrons. The first-order chi connectivity index (χ1) is 15.1. The molecule has 0 spiro atoms. The van der Waals surface area contributed by atoms with Crippen molar-refractivity contribution in [3.63, 3.8) is 0 Å². The monoisotopic (exact) mass is 421 g/mol. The molecule has 2 heterocycles. The number of carbonyl (C=O) groups excluding carboxylic acids is 3. The molecule has 0 radical (unpaired) electrons. The van der Waals surface area contributed by atoms with Crippen LogP contribution in [0.15, 0.2) is 54.6 Å². The van der Waals surface area contributed by atoms with Crippen molar-refractivity contribution >= 4 is 23.4 Å². The first-order valence-corrected chi connectivity index (χ1v) is 10.8. The van der Waals surface area contributed by atoms with Crippen LogP contribution in [-0.4, -0.2) is 48.4 Å². The molecule has 2 aliphatic heterocycles. The van der Waals surface area contributed by atoms with Gasteiger partial charge in [0.05, 0.1) is 6.04 Å². The third kappa shape index (κ3) is 5.30. The van der Waals surface area contributed by atoms with Crippen molar-refractivity contribution in [1.29, 1.82) is 0 Å². The third-order valence-electron chi connectivity index (χ3n) is 5.70. The van der Waals surface area contributed by atoms with E-state index in [0.29, 0.717) is 43.8 Å². The molecule has 0 aliphatic carbocycles. The highest BCUT2D eigenvalue weighted by Crippen LogP contribution is 2.20. The third-order valence-corrected chi connectivity index (χ3v) is 5.70. The zero-order chi connectivity index (χ0) is 21.6. The highest BCUT2D eigenvalue weighted by Gasteiger charge is 2.26. The number of nitrogens with zero attached hydrogens (tertiary/aromatic N) is 1. The van der Waals surface area contributed by atoms with Crippen LogP contribution in [0, 0.1) is 0 Å². The smallest absolute Gasteiger partial charge is 0.253 e. The van der Waals surface area contributed by atoms with E-state index in [-0.39, 0.29) is 23.8 Å². The second-order valence-corrected chi connectivity index (χ2v) is 7.95. The predicted octanol–water partition coefficient (Wildman–Crippen LogP) is 2.90. The Morgan fingerprint density at radius 2 is 1.94 bits per heavy atom. The molecule has 31 heavy (non-hydrogen) atoms. The Morgan fingerprint density at radius 1 is 1.10 bits per heavy atom. The molecule has 2 N–H and O–H groups in total. The summed E-state index contributed by atoms with van der Waals surface area (Å²) in [5.74, 6) is -0.326. The number of amides is 3. The highest BCUT2D eigenvalue weighted by atomic mass is 16.5. The molecule has 0 aromatic heterocycles. The van der Waals surface area contributed by atoms with Crippen molar-refractivity contribution in [2.24, 2.45) is 0 Å². The van der Waals surface area contributed by atoms with E-state index < -0.39 is 6.10 Å². The van der Waals surface area contributed by atoms with E-state index in [4.69, 9.17) is 4.74 Å². The van der Waals surface area contributed by atoms with E-state index >= 15 is 0 Å². The summed E-state index contributed by atoms with van der Waals surface area (Å²) in [6, 6.07) is 16.2. The molecular weight excluding hydrogens is 394 g/mol. The van der Waals surface area contributed by atoms with Gasteiger partial charge in [-0.15, -0.1) is 0 Å². The minimum absolute atomic E-state index is 0.119. The number of benzene rings is 2. The normalized spacial score (nSPS) is 19.3. The molecule has 7 nitrogen and oxygen atoms in total. The number of hydrogen-bond donors (Lipinski definition) is 2. The summed E-state index contributed by atoms with van der Waals surface area (Å²) >= 11 is 0. The Balaban J connectivity index is 1.46. The van der Waals surface area contributed by atoms with Crippen LogP contribution in [0.4, 0.5) is 5.69 Å². The van der Waals surface area contributed by atoms with Crippen molar-refractivity contribution in [3.8, 4) is 0 Å². The van der Waals surface area contributed by atoms with Crippen molar-refractivity contribution in [1.82, 2.24) is 10.2 Å². The Kier molecular flexibility index (Phi) is 6.62. The molecular formula is C24H27N3O4. The molecule has 2 aliphatic rings. The lowest BCUT2D eigenvalue weighted by Gasteiger charge is -2.25. The summed E-state index contributed by atoms with van der Waals surface area (Å²) in [6.07, 6.45) is 2.56. The van der Waals surface area contributed by atoms with Gasteiger partial charge in [0, 0.05) is 37.4 Å². The molecule has 2 aromatic rings. The zero-order valence-electron chi connectivity index (χ0n) is 17.4. The number of ether oxygens (including phenoxy) is 1. The number of rotatable bonds is 7. The second kappa shape index (κ2) is 9.75. The van der Waals surface area contributed by atoms with Crippen LogP contribution in [-0.2, 0) is 14.3 Å². The predicted molar refractivity (Wildman–Crippen MR) is 117 cm³/mol. The van der Waals surface area contributed by atoms with Gasteiger partial charge in [-0.1, -0.05) is 36.4 Å². The van der Waals surface area contributed by atoms with Crippen LogP contribution in [0.25, 0.3) is 0 Å². The summed E-state index contributed by atoms with van der Waals surface area (Å²) in [5, 5.41) is 5.89. The van der Waals surface area contributed by atoms with Crippen molar-refractivity contribution in [2.45, 2.75) is 37.8 Å². The quantitative estimate of drug-likeness (QED) is 0.720. The Labute approximate surface area is 181 Å². The van der Waals surface area contributed by atoms with Crippen LogP contribution in [0.2, 0.25) is 0 Å². The first kappa shape index (κ1) is 21.1. The molecule has 2 atom stereocenters. The average Bonchev–Trinajstić information content (AvgIpc) is 3.46. The SMILES string of the molecule is O=C(N[C@@H](CN1CCCC1=O)c1ccccc1)c1cccc(NC(=O)[C@H]2CCCO2)c1. The van der Waals surface area contributed by atoms with Crippen LogP contribution in [0.1, 0.15) is 47.6 Å². The van der Waals surface area contributed by atoms with Gasteiger partial charge in [0.25, 0.3) is 11.8 Å². The van der Waals surface area contributed by atoms with Gasteiger partial charge in [-0.2, -0.15) is 0 Å². The Morgan fingerprint density at radius 3 is 2.65 bits per heavy atom. The number of nitrogens with one attached hydrogen (secondary N) is 2. The fourth-order valence-corrected chi connectivity index (χ4v) is 4.02. The van der Waals surface area contributed by atoms with E-state index in [1.807, 2.05) is 30.3 Å². The maximum atomic E-state index is 13.0. The van der Waals surface area contributed by atoms with Gasteiger partial charge in [0.15, 0.2) is 0 Å². The average molecular weight is 421 g/mol. The highest BCUT2D eigenvalue weighted by molar-refractivity contribution is 5.98. The fourth-order valence-electron chi connectivity index (χ4n) is 4.02. The summed E-state index contributed by atoms with van der Waals surface area (Å²) in [6.45, 7) is 1.74. The van der Waals surface area contributed by atoms with Crippen LogP contribution in [0.3, 0.4) is 0 Å². The van der Waals surface area contributed by atoms with Crippen molar-refractivity contribution in [2.75, 3.05) is 25.0 Å². The maximum absolute atomic E-state index is 13.0. The molecule has 0 unspecified atom stereocenters. The van der Waals surface area contributed by atoms with Crippen LogP contribution in [0.5, 0.6) is 0 Å². The largest absolute Gasteiger partial charge is 0.368 e. The van der Waals surface area contributed by atoms with E-state index in [9.17, 15) is 14.4 Å². The molecule has 2 saturated heterocycles. The van der Waals surface area contributed by atoms with Crippen LogP contribution < -0.4 is 10.6 Å². The first-order valence-electron chi connectivity index (χ1n) is 10.8. The van der Waals surface area contributed by atoms with Crippen LogP contribution >= 0.6 is 0 Å². The number of likely N-dealkylation sites (tertiary alicyclic amines) is 1. The summed E-state index contributed by atoms with van der Waals surface area (Å²) in [4.78, 5) is 39.3. The van der Waals surface area contributed by atoms with E-state index in [1.54, 1.807) is 29.2 Å². The van der Waals surface area contributed by atoms with Crippen molar-refractivity contribution < 1.29 is 19.1 Å². The van der Waals surface area contributed by atoms with E-state index in [0.717, 1.165) is 18.4 Å². The van der Waals surface area contributed by atoms with Gasteiger partial charge in [0.1, 0.15) is 6.10 Å². The summed E-state index contributed by atoms with van der Waals surface area (Å²) < 4.78 is 5.41. The topological polar surface area (TPSA) is 87.7 Å². The molecule has 2 fully saturated rings. The molecule has 3 amide bonds. The number of carbonyl (C=O) groups is 3. The lowest BCUT2D eigenvalue weighted by Crippen LogP contribution is -2.38. The summed E-state index contributed by atoms with van der Waals surface area (Å²) in [7, 11) is 0. The van der Waals surface area contributed by atoms with Gasteiger partial charge in [-0.25, -0.2) is 0 Å². The van der Waals surface area contributed by atoms with Crippen molar-refractivity contribution in [3.05, 3.63) is 65.7 Å². The number of hydrogen-bond acceptors (Lipinski definition) is 4. The minimum atomic E-state index is -0.432. The van der Waals surface area contributed by atoms with Gasteiger partial charge >= 0.3 is 0 Å². The number of anilines is 1. The summed E-state index contributed by atoms with van der Waals surface area (Å²) in [5.41, 5.74) is 1.94. The lowest BCUT2D eigenvalue weighted by molar-refractivity contribution is -0.128. The van der Waals surface area contributed by atoms with Gasteiger partial charge in [-0.3, -0.25) is 14.4 Å². The van der Waals surface area contributed by atoms with Gasteiger partial charge in [-0.05, 0) is 43.0 Å². The zero-order valence-corrected chi connectivity index (χ0v) is 17.4. The molecule has 2 aromatic carbocycles. The van der Waals surface area contributed by atoms with Gasteiger partial charge < -0.3 is 20.3 Å². The molecule has 4 rings (SSSR count). The second-order valence-electron chi connectivity index (χ2n) is 7.95. The Hall–Kier alpha value is -3.19.